The van der Waals surface area contributed by atoms with Crippen molar-refractivity contribution < 1.29 is 0 Å². The van der Waals surface area contributed by atoms with Crippen LogP contribution in [0.3, 0.4) is 0 Å². The van der Waals surface area contributed by atoms with Gasteiger partial charge in [0, 0.05) is 17.8 Å². The van der Waals surface area contributed by atoms with Gasteiger partial charge < -0.3 is 5.32 Å². The maximum Gasteiger partial charge on any atom is 0.0346 e. The molecule has 2 unspecified atom stereocenters. The van der Waals surface area contributed by atoms with E-state index in [0.717, 1.165) is 24.9 Å². The van der Waals surface area contributed by atoms with E-state index >= 15 is 0 Å². The molecule has 0 radical (unpaired) electrons. The molecular weight excluding hydrogens is 256 g/mol. The average Bonchev–Trinajstić information content (AvgIpc) is 2.94. The van der Waals surface area contributed by atoms with Crippen LogP contribution in [0.2, 0.25) is 0 Å². The number of pyridine rings is 1. The smallest absolute Gasteiger partial charge is 0.0346 e. The molecule has 1 aromatic heterocycles. The summed E-state index contributed by atoms with van der Waals surface area (Å²) in [6.07, 6.45) is 7.96. The molecule has 0 aliphatic heterocycles. The molecule has 1 aliphatic rings. The van der Waals surface area contributed by atoms with Gasteiger partial charge in [0.05, 0.1) is 0 Å². The quantitative estimate of drug-likeness (QED) is 0.881. The second kappa shape index (κ2) is 6.57. The Bertz CT molecular complexity index is 586. The summed E-state index contributed by atoms with van der Waals surface area (Å²) in [4.78, 5) is 4.26. The van der Waals surface area contributed by atoms with Gasteiger partial charge in [0.2, 0.25) is 0 Å². The fraction of sp³-hybridized carbons (Fsp3) is 0.526. The van der Waals surface area contributed by atoms with E-state index in [1.165, 1.54) is 35.6 Å². The van der Waals surface area contributed by atoms with Crippen molar-refractivity contribution in [3.8, 4) is 0 Å². The van der Waals surface area contributed by atoms with Gasteiger partial charge >= 0.3 is 0 Å². The zero-order valence-corrected chi connectivity index (χ0v) is 13.2. The number of fused-ring (bicyclic) bond motifs is 1. The van der Waals surface area contributed by atoms with Crippen LogP contribution in [-0.4, -0.2) is 18.1 Å². The van der Waals surface area contributed by atoms with E-state index in [2.05, 4.69) is 48.4 Å². The summed E-state index contributed by atoms with van der Waals surface area (Å²) < 4.78 is 0. The first-order valence-electron chi connectivity index (χ1n) is 8.29. The largest absolute Gasteiger partial charge is 0.316 e. The second-order valence-electron chi connectivity index (χ2n) is 6.79. The molecule has 2 nitrogen and oxygen atoms in total. The number of hydrogen-bond donors (Lipinski definition) is 1. The summed E-state index contributed by atoms with van der Waals surface area (Å²) in [6.45, 7) is 6.83. The highest BCUT2D eigenvalue weighted by atomic mass is 14.9. The number of rotatable bonds is 5. The summed E-state index contributed by atoms with van der Waals surface area (Å²) in [6, 6.07) is 8.87. The molecule has 0 bridgehead atoms. The van der Waals surface area contributed by atoms with Crippen LogP contribution < -0.4 is 5.32 Å². The van der Waals surface area contributed by atoms with Crippen LogP contribution in [0, 0.1) is 11.8 Å². The van der Waals surface area contributed by atoms with E-state index in [1.807, 2.05) is 12.4 Å². The van der Waals surface area contributed by atoms with Gasteiger partial charge in [0.25, 0.3) is 0 Å². The van der Waals surface area contributed by atoms with Crippen molar-refractivity contribution in [2.75, 3.05) is 13.1 Å². The van der Waals surface area contributed by atoms with Crippen molar-refractivity contribution in [1.82, 2.24) is 10.3 Å². The van der Waals surface area contributed by atoms with Crippen LogP contribution in [0.5, 0.6) is 0 Å². The Kier molecular flexibility index (Phi) is 4.54. The minimum absolute atomic E-state index is 0.704. The number of hydrogen-bond acceptors (Lipinski definition) is 2. The number of nitrogens with zero attached hydrogens (tertiary/aromatic N) is 1. The lowest BCUT2D eigenvalue weighted by atomic mass is 9.86. The summed E-state index contributed by atoms with van der Waals surface area (Å²) in [5.74, 6) is 2.21. The molecule has 0 saturated heterocycles. The fourth-order valence-corrected chi connectivity index (χ4v) is 3.72. The van der Waals surface area contributed by atoms with Crippen LogP contribution in [0.1, 0.15) is 44.6 Å². The van der Waals surface area contributed by atoms with Crippen LogP contribution in [0.4, 0.5) is 0 Å². The summed E-state index contributed by atoms with van der Waals surface area (Å²) in [7, 11) is 0. The SMILES string of the molecule is CC(C)CNCC1CCCC1c1cccc2cnccc12. The first-order chi connectivity index (χ1) is 10.3. The van der Waals surface area contributed by atoms with Crippen LogP contribution >= 0.6 is 0 Å². The van der Waals surface area contributed by atoms with Gasteiger partial charge in [-0.2, -0.15) is 0 Å². The van der Waals surface area contributed by atoms with Gasteiger partial charge in [-0.25, -0.2) is 0 Å². The lowest BCUT2D eigenvalue weighted by Crippen LogP contribution is -2.27. The van der Waals surface area contributed by atoms with Gasteiger partial charge in [-0.05, 0) is 60.7 Å². The molecule has 3 rings (SSSR count). The zero-order valence-electron chi connectivity index (χ0n) is 13.2. The Morgan fingerprint density at radius 2 is 2.14 bits per heavy atom. The van der Waals surface area contributed by atoms with Crippen molar-refractivity contribution in [3.63, 3.8) is 0 Å². The van der Waals surface area contributed by atoms with Crippen LogP contribution in [0.15, 0.2) is 36.7 Å². The van der Waals surface area contributed by atoms with Crippen molar-refractivity contribution in [2.45, 2.75) is 39.0 Å². The first-order valence-corrected chi connectivity index (χ1v) is 8.29. The third-order valence-corrected chi connectivity index (χ3v) is 4.73. The van der Waals surface area contributed by atoms with E-state index < -0.39 is 0 Å². The molecular formula is C19H26N2. The lowest BCUT2D eigenvalue weighted by molar-refractivity contribution is 0.426. The van der Waals surface area contributed by atoms with Gasteiger partial charge in [-0.1, -0.05) is 38.5 Å². The molecule has 1 fully saturated rings. The van der Waals surface area contributed by atoms with E-state index in [4.69, 9.17) is 0 Å². The Hall–Kier alpha value is -1.41. The van der Waals surface area contributed by atoms with Gasteiger partial charge in [-0.3, -0.25) is 4.98 Å². The zero-order chi connectivity index (χ0) is 14.7. The molecule has 112 valence electrons. The van der Waals surface area contributed by atoms with Crippen molar-refractivity contribution in [3.05, 3.63) is 42.2 Å². The Labute approximate surface area is 128 Å². The minimum Gasteiger partial charge on any atom is -0.316 e. The third kappa shape index (κ3) is 3.26. The van der Waals surface area contributed by atoms with Crippen LogP contribution in [0.25, 0.3) is 10.8 Å². The molecule has 0 spiro atoms. The Balaban J connectivity index is 1.80. The predicted octanol–water partition coefficient (Wildman–Crippen LogP) is 4.36. The van der Waals surface area contributed by atoms with Gasteiger partial charge in [0.15, 0.2) is 0 Å². The predicted molar refractivity (Wildman–Crippen MR) is 89.5 cm³/mol. The first kappa shape index (κ1) is 14.5. The summed E-state index contributed by atoms with van der Waals surface area (Å²) >= 11 is 0. The topological polar surface area (TPSA) is 24.9 Å². The highest BCUT2D eigenvalue weighted by molar-refractivity contribution is 5.85. The van der Waals surface area contributed by atoms with E-state index in [1.54, 1.807) is 0 Å². The minimum atomic E-state index is 0.704. The normalized spacial score (nSPS) is 22.2. The Morgan fingerprint density at radius 3 is 3.00 bits per heavy atom. The number of aromatic nitrogens is 1. The van der Waals surface area contributed by atoms with E-state index in [0.29, 0.717) is 5.92 Å². The maximum atomic E-state index is 4.26. The highest BCUT2D eigenvalue weighted by Crippen LogP contribution is 2.41. The fourth-order valence-electron chi connectivity index (χ4n) is 3.72. The standard InChI is InChI=1S/C19H26N2/c1-14(2)11-21-13-16-5-3-7-17(16)19-8-4-6-15-12-20-10-9-18(15)19/h4,6,8-10,12,14,16-17,21H,3,5,7,11,13H2,1-2H3. The molecule has 1 heterocycles. The second-order valence-corrected chi connectivity index (χ2v) is 6.79. The maximum absolute atomic E-state index is 4.26. The van der Waals surface area contributed by atoms with Crippen LogP contribution in [-0.2, 0) is 0 Å². The summed E-state index contributed by atoms with van der Waals surface area (Å²) in [5.41, 5.74) is 1.53. The highest BCUT2D eigenvalue weighted by Gasteiger charge is 2.29. The Morgan fingerprint density at radius 1 is 1.24 bits per heavy atom. The number of benzene rings is 1. The number of nitrogens with one attached hydrogen (secondary N) is 1. The summed E-state index contributed by atoms with van der Waals surface area (Å²) in [5, 5.41) is 6.33. The molecule has 1 aromatic carbocycles. The van der Waals surface area contributed by atoms with Crippen molar-refractivity contribution >= 4 is 10.8 Å². The van der Waals surface area contributed by atoms with E-state index in [9.17, 15) is 0 Å². The third-order valence-electron chi connectivity index (χ3n) is 4.73. The molecule has 2 heteroatoms. The van der Waals surface area contributed by atoms with Crippen molar-refractivity contribution in [2.24, 2.45) is 11.8 Å². The molecule has 1 aliphatic carbocycles. The molecule has 1 N–H and O–H groups in total. The monoisotopic (exact) mass is 282 g/mol. The molecule has 0 amide bonds. The van der Waals surface area contributed by atoms with Crippen molar-refractivity contribution in [1.29, 1.82) is 0 Å². The average molecular weight is 282 g/mol. The van der Waals surface area contributed by atoms with E-state index in [-0.39, 0.29) is 0 Å². The molecule has 2 atom stereocenters. The molecule has 1 saturated carbocycles. The molecule has 2 aromatic rings. The molecule has 21 heavy (non-hydrogen) atoms. The van der Waals surface area contributed by atoms with Gasteiger partial charge in [-0.15, -0.1) is 0 Å². The lowest BCUT2D eigenvalue weighted by Gasteiger charge is -2.22. The van der Waals surface area contributed by atoms with Gasteiger partial charge in [0.1, 0.15) is 0 Å².